The molecule has 0 radical (unpaired) electrons. The highest BCUT2D eigenvalue weighted by atomic mass is 32.1. The first-order chi connectivity index (χ1) is 12.7. The number of amides is 1. The first-order valence-corrected chi connectivity index (χ1v) is 8.45. The van der Waals surface area contributed by atoms with Crippen LogP contribution in [0.25, 0.3) is 4.96 Å². The molecular formula is C17H12FN5O2S. The first kappa shape index (κ1) is 16.2. The number of nitrogens with one attached hydrogen (secondary N) is 1. The van der Waals surface area contributed by atoms with Crippen molar-refractivity contribution in [2.45, 2.75) is 6.61 Å². The fraction of sp³-hybridized carbons (Fsp3) is 0.0588. The second-order valence-corrected chi connectivity index (χ2v) is 6.29. The largest absolute Gasteiger partial charge is 0.488 e. The van der Waals surface area contributed by atoms with Crippen LogP contribution in [0.5, 0.6) is 5.75 Å². The zero-order valence-electron chi connectivity index (χ0n) is 13.3. The summed E-state index contributed by atoms with van der Waals surface area (Å²) in [5, 5.41) is 14.9. The van der Waals surface area contributed by atoms with Crippen molar-refractivity contribution in [2.75, 3.05) is 5.32 Å². The minimum absolute atomic E-state index is 0.224. The molecule has 2 aromatic carbocycles. The third kappa shape index (κ3) is 3.38. The smallest absolute Gasteiger partial charge is 0.261 e. The van der Waals surface area contributed by atoms with Gasteiger partial charge >= 0.3 is 0 Å². The van der Waals surface area contributed by atoms with E-state index in [4.69, 9.17) is 4.74 Å². The van der Waals surface area contributed by atoms with E-state index in [9.17, 15) is 9.18 Å². The number of carbonyl (C=O) groups is 1. The second kappa shape index (κ2) is 6.89. The number of rotatable bonds is 5. The van der Waals surface area contributed by atoms with Crippen LogP contribution in [0.15, 0.2) is 54.9 Å². The summed E-state index contributed by atoms with van der Waals surface area (Å²) in [6, 6.07) is 12.9. The normalized spacial score (nSPS) is 10.8. The van der Waals surface area contributed by atoms with Crippen molar-refractivity contribution in [3.63, 3.8) is 0 Å². The van der Waals surface area contributed by atoms with E-state index < -0.39 is 0 Å². The number of aromatic nitrogens is 4. The van der Waals surface area contributed by atoms with Crippen molar-refractivity contribution < 1.29 is 13.9 Å². The lowest BCUT2D eigenvalue weighted by molar-refractivity contribution is 0.102. The molecule has 0 unspecified atom stereocenters. The van der Waals surface area contributed by atoms with Crippen LogP contribution in [0.2, 0.25) is 0 Å². The predicted octanol–water partition coefficient (Wildman–Crippen LogP) is 3.16. The number of fused-ring (bicyclic) bond motifs is 1. The number of carbonyl (C=O) groups excluding carboxylic acids is 1. The number of nitrogens with zero attached hydrogens (tertiary/aromatic N) is 4. The van der Waals surface area contributed by atoms with Crippen molar-refractivity contribution in [1.29, 1.82) is 0 Å². The highest BCUT2D eigenvalue weighted by molar-refractivity contribution is 7.20. The predicted molar refractivity (Wildman–Crippen MR) is 93.8 cm³/mol. The summed E-state index contributed by atoms with van der Waals surface area (Å²) in [6.07, 6.45) is 1.46. The summed E-state index contributed by atoms with van der Waals surface area (Å²) < 4.78 is 20.2. The molecule has 7 nitrogen and oxygen atoms in total. The fourth-order valence-electron chi connectivity index (χ4n) is 2.30. The molecule has 0 aliphatic rings. The van der Waals surface area contributed by atoms with Crippen LogP contribution in [-0.4, -0.2) is 25.7 Å². The van der Waals surface area contributed by atoms with Gasteiger partial charge in [0, 0.05) is 0 Å². The van der Waals surface area contributed by atoms with Gasteiger partial charge in [-0.3, -0.25) is 10.1 Å². The van der Waals surface area contributed by atoms with Crippen LogP contribution in [-0.2, 0) is 6.61 Å². The van der Waals surface area contributed by atoms with E-state index >= 15 is 0 Å². The summed E-state index contributed by atoms with van der Waals surface area (Å²) in [6.45, 7) is 0.224. The average molecular weight is 369 g/mol. The van der Waals surface area contributed by atoms with Crippen LogP contribution >= 0.6 is 11.3 Å². The molecule has 0 atom stereocenters. The lowest BCUT2D eigenvalue weighted by Crippen LogP contribution is -2.13. The molecule has 1 amide bonds. The van der Waals surface area contributed by atoms with Crippen LogP contribution in [0.3, 0.4) is 0 Å². The Labute approximate surface area is 151 Å². The molecule has 2 aromatic heterocycles. The minimum Gasteiger partial charge on any atom is -0.488 e. The number of hydrogen-bond acceptors (Lipinski definition) is 6. The Morgan fingerprint density at radius 1 is 1.19 bits per heavy atom. The lowest BCUT2D eigenvalue weighted by Gasteiger charge is -2.11. The Morgan fingerprint density at radius 2 is 2.00 bits per heavy atom. The Kier molecular flexibility index (Phi) is 4.28. The molecule has 0 saturated carbocycles. The average Bonchev–Trinajstić information content (AvgIpc) is 3.23. The van der Waals surface area contributed by atoms with Crippen molar-refractivity contribution in [3.05, 3.63) is 71.8 Å². The molecule has 2 heterocycles. The summed E-state index contributed by atoms with van der Waals surface area (Å²) in [7, 11) is 0. The minimum atomic E-state index is -0.343. The van der Waals surface area contributed by atoms with E-state index in [1.807, 2.05) is 0 Å². The van der Waals surface area contributed by atoms with Gasteiger partial charge in [0.2, 0.25) is 10.1 Å². The molecule has 130 valence electrons. The van der Waals surface area contributed by atoms with E-state index in [1.54, 1.807) is 36.4 Å². The van der Waals surface area contributed by atoms with Crippen LogP contribution < -0.4 is 10.1 Å². The number of anilines is 1. The number of hydrogen-bond donors (Lipinski definition) is 1. The van der Waals surface area contributed by atoms with E-state index in [-0.39, 0.29) is 18.3 Å². The second-order valence-electron chi connectivity index (χ2n) is 5.33. The third-order valence-electron chi connectivity index (χ3n) is 3.55. The molecule has 1 N–H and O–H groups in total. The Hall–Kier alpha value is -3.33. The SMILES string of the molecule is O=C(Nc1nn2cnnc2s1)c1ccccc1OCc1ccc(F)cc1. The highest BCUT2D eigenvalue weighted by Crippen LogP contribution is 2.23. The number of halogens is 1. The molecule has 0 aliphatic carbocycles. The highest BCUT2D eigenvalue weighted by Gasteiger charge is 2.15. The van der Waals surface area contributed by atoms with Crippen molar-refractivity contribution in [2.24, 2.45) is 0 Å². The zero-order chi connectivity index (χ0) is 17.9. The molecule has 0 saturated heterocycles. The zero-order valence-corrected chi connectivity index (χ0v) is 14.1. The van der Waals surface area contributed by atoms with Gasteiger partial charge in [0.1, 0.15) is 24.5 Å². The summed E-state index contributed by atoms with van der Waals surface area (Å²) in [5.74, 6) is -0.222. The van der Waals surface area contributed by atoms with Gasteiger partial charge in [0.25, 0.3) is 5.91 Å². The van der Waals surface area contributed by atoms with E-state index in [1.165, 1.54) is 34.3 Å². The van der Waals surface area contributed by atoms with Gasteiger partial charge in [0.15, 0.2) is 0 Å². The molecular weight excluding hydrogens is 357 g/mol. The summed E-state index contributed by atoms with van der Waals surface area (Å²) in [5.41, 5.74) is 1.18. The number of para-hydroxylation sites is 1. The number of ether oxygens (including phenoxy) is 1. The quantitative estimate of drug-likeness (QED) is 0.584. The van der Waals surface area contributed by atoms with Crippen LogP contribution in [0, 0.1) is 5.82 Å². The topological polar surface area (TPSA) is 81.4 Å². The van der Waals surface area contributed by atoms with Crippen molar-refractivity contribution in [3.8, 4) is 5.75 Å². The molecule has 0 fully saturated rings. The lowest BCUT2D eigenvalue weighted by atomic mass is 10.2. The fourth-order valence-corrected chi connectivity index (χ4v) is 3.01. The Bertz CT molecular complexity index is 1030. The molecule has 26 heavy (non-hydrogen) atoms. The van der Waals surface area contributed by atoms with Crippen LogP contribution in [0.4, 0.5) is 9.52 Å². The van der Waals surface area contributed by atoms with Gasteiger partial charge in [-0.15, -0.1) is 15.3 Å². The molecule has 0 bridgehead atoms. The van der Waals surface area contributed by atoms with E-state index in [0.29, 0.717) is 21.4 Å². The first-order valence-electron chi connectivity index (χ1n) is 7.63. The van der Waals surface area contributed by atoms with E-state index in [0.717, 1.165) is 5.56 Å². The van der Waals surface area contributed by atoms with Gasteiger partial charge < -0.3 is 4.74 Å². The molecule has 4 aromatic rings. The van der Waals surface area contributed by atoms with Crippen LogP contribution in [0.1, 0.15) is 15.9 Å². The maximum atomic E-state index is 13.0. The molecule has 0 spiro atoms. The Morgan fingerprint density at radius 3 is 2.81 bits per heavy atom. The summed E-state index contributed by atoms with van der Waals surface area (Å²) >= 11 is 1.21. The van der Waals surface area contributed by atoms with Gasteiger partial charge in [-0.25, -0.2) is 4.39 Å². The van der Waals surface area contributed by atoms with Gasteiger partial charge in [-0.1, -0.05) is 35.6 Å². The monoisotopic (exact) mass is 369 g/mol. The van der Waals surface area contributed by atoms with E-state index in [2.05, 4.69) is 20.6 Å². The van der Waals surface area contributed by atoms with Crippen molar-refractivity contribution >= 4 is 27.3 Å². The van der Waals surface area contributed by atoms with Gasteiger partial charge in [-0.05, 0) is 29.8 Å². The maximum Gasteiger partial charge on any atom is 0.261 e. The van der Waals surface area contributed by atoms with Gasteiger partial charge in [-0.2, -0.15) is 4.52 Å². The molecule has 9 heteroatoms. The maximum absolute atomic E-state index is 13.0. The van der Waals surface area contributed by atoms with Gasteiger partial charge in [0.05, 0.1) is 5.56 Å². The van der Waals surface area contributed by atoms with Crippen molar-refractivity contribution in [1.82, 2.24) is 19.8 Å². The standard InChI is InChI=1S/C17H12FN5O2S/c18-12-7-5-11(6-8-12)9-25-14-4-2-1-3-13(14)15(24)20-16-22-23-10-19-21-17(23)26-16/h1-8,10H,9H2,(H,20,22,24). The third-order valence-corrected chi connectivity index (χ3v) is 4.37. The number of benzene rings is 2. The molecule has 4 rings (SSSR count). The summed E-state index contributed by atoms with van der Waals surface area (Å²) in [4.78, 5) is 13.2. The Balaban J connectivity index is 1.49. The molecule has 0 aliphatic heterocycles.